The third-order valence-electron chi connectivity index (χ3n) is 2.74. The molecule has 1 fully saturated rings. The lowest BCUT2D eigenvalue weighted by Crippen LogP contribution is -2.33. The molecule has 18 heavy (non-hydrogen) atoms. The van der Waals surface area contributed by atoms with Crippen LogP contribution in [0.3, 0.4) is 0 Å². The van der Waals surface area contributed by atoms with Gasteiger partial charge in [-0.15, -0.1) is 0 Å². The Morgan fingerprint density at radius 2 is 2.44 bits per heavy atom. The van der Waals surface area contributed by atoms with Crippen LogP contribution in [0.1, 0.15) is 6.92 Å². The van der Waals surface area contributed by atoms with Gasteiger partial charge in [-0.1, -0.05) is 0 Å². The number of amides is 1. The first kappa shape index (κ1) is 13.5. The molecule has 1 aliphatic heterocycles. The van der Waals surface area contributed by atoms with E-state index in [-0.39, 0.29) is 17.8 Å². The molecule has 0 aliphatic carbocycles. The molecule has 0 radical (unpaired) electrons. The molecule has 4 nitrogen and oxygen atoms in total. The Kier molecular flexibility index (Phi) is 4.39. The lowest BCUT2D eigenvalue weighted by molar-refractivity contribution is -0.119. The lowest BCUT2D eigenvalue weighted by Gasteiger charge is -2.16. The fourth-order valence-electron chi connectivity index (χ4n) is 1.79. The van der Waals surface area contributed by atoms with Gasteiger partial charge >= 0.3 is 0 Å². The van der Waals surface area contributed by atoms with Crippen LogP contribution in [0, 0.1) is 9.39 Å². The first-order valence-corrected chi connectivity index (χ1v) is 6.70. The molecule has 1 aromatic carbocycles. The average molecular weight is 364 g/mol. The predicted octanol–water partition coefficient (Wildman–Crippen LogP) is 1.73. The van der Waals surface area contributed by atoms with Crippen LogP contribution >= 0.6 is 22.6 Å². The molecule has 2 rings (SSSR count). The van der Waals surface area contributed by atoms with E-state index < -0.39 is 0 Å². The Bertz CT molecular complexity index is 456. The van der Waals surface area contributed by atoms with Crippen molar-refractivity contribution >= 4 is 34.2 Å². The van der Waals surface area contributed by atoms with E-state index in [4.69, 9.17) is 4.74 Å². The second kappa shape index (κ2) is 5.83. The molecule has 1 heterocycles. The quantitative estimate of drug-likeness (QED) is 0.831. The number of hydrogen-bond donors (Lipinski definition) is 1. The maximum absolute atomic E-state index is 13.5. The molecule has 0 aromatic heterocycles. The van der Waals surface area contributed by atoms with Crippen LogP contribution in [-0.4, -0.2) is 31.8 Å². The highest BCUT2D eigenvalue weighted by Crippen LogP contribution is 2.23. The fraction of sp³-hybridized carbons (Fsp3) is 0.417. The molecule has 0 bridgehead atoms. The minimum Gasteiger partial charge on any atom is -0.354 e. The molecule has 1 aromatic rings. The fourth-order valence-corrected chi connectivity index (χ4v) is 2.12. The largest absolute Gasteiger partial charge is 0.354 e. The Morgan fingerprint density at radius 3 is 3.11 bits per heavy atom. The first-order chi connectivity index (χ1) is 8.56. The van der Waals surface area contributed by atoms with Crippen molar-refractivity contribution in [2.24, 2.45) is 0 Å². The summed E-state index contributed by atoms with van der Waals surface area (Å²) in [5.41, 5.74) is 0.804. The zero-order valence-corrected chi connectivity index (χ0v) is 12.1. The average Bonchev–Trinajstić information content (AvgIpc) is 2.79. The summed E-state index contributed by atoms with van der Waals surface area (Å²) in [6.07, 6.45) is -0.0451. The highest BCUT2D eigenvalue weighted by Gasteiger charge is 2.23. The van der Waals surface area contributed by atoms with Crippen LogP contribution in [-0.2, 0) is 9.53 Å². The molecule has 1 amide bonds. The second-order valence-corrected chi connectivity index (χ2v) is 5.34. The number of nitrogens with one attached hydrogen (secondary N) is 1. The molecule has 1 atom stereocenters. The van der Waals surface area contributed by atoms with Gasteiger partial charge in [0.2, 0.25) is 5.91 Å². The molecule has 1 aliphatic rings. The van der Waals surface area contributed by atoms with E-state index in [1.165, 1.54) is 13.0 Å². The van der Waals surface area contributed by atoms with Gasteiger partial charge in [0.1, 0.15) is 12.5 Å². The van der Waals surface area contributed by atoms with E-state index in [1.807, 2.05) is 33.6 Å². The molecular formula is C12H14FIN2O2. The Balaban J connectivity index is 1.95. The van der Waals surface area contributed by atoms with Gasteiger partial charge in [-0.25, -0.2) is 4.39 Å². The molecular weight excluding hydrogens is 350 g/mol. The number of halogens is 2. The monoisotopic (exact) mass is 364 g/mol. The number of ether oxygens (including phenoxy) is 1. The Hall–Kier alpha value is -0.890. The summed E-state index contributed by atoms with van der Waals surface area (Å²) in [5.74, 6) is -0.296. The van der Waals surface area contributed by atoms with Gasteiger partial charge in [0.15, 0.2) is 0 Å². The second-order valence-electron chi connectivity index (χ2n) is 4.18. The van der Waals surface area contributed by atoms with Crippen molar-refractivity contribution in [1.82, 2.24) is 5.32 Å². The van der Waals surface area contributed by atoms with Crippen molar-refractivity contribution < 1.29 is 13.9 Å². The number of benzene rings is 1. The number of carbonyl (C=O) groups excluding carboxylic acids is 1. The van der Waals surface area contributed by atoms with Crippen LogP contribution in [0.25, 0.3) is 0 Å². The van der Waals surface area contributed by atoms with Crippen LogP contribution < -0.4 is 10.2 Å². The number of nitrogens with zero attached hydrogens (tertiary/aromatic N) is 1. The zero-order valence-electron chi connectivity index (χ0n) is 9.95. The van der Waals surface area contributed by atoms with Crippen molar-refractivity contribution in [1.29, 1.82) is 0 Å². The van der Waals surface area contributed by atoms with Gasteiger partial charge in [-0.05, 0) is 40.8 Å². The number of rotatable bonds is 3. The first-order valence-electron chi connectivity index (χ1n) is 5.62. The summed E-state index contributed by atoms with van der Waals surface area (Å²) in [6, 6.07) is 5.12. The minimum absolute atomic E-state index is 0.0451. The Labute approximate surface area is 119 Å². The molecule has 0 unspecified atom stereocenters. The maximum atomic E-state index is 13.5. The van der Waals surface area contributed by atoms with Crippen LogP contribution in [0.5, 0.6) is 0 Å². The summed E-state index contributed by atoms with van der Waals surface area (Å²) in [5, 5.41) is 2.71. The van der Waals surface area contributed by atoms with Crippen molar-refractivity contribution in [3.63, 3.8) is 0 Å². The highest BCUT2D eigenvalue weighted by molar-refractivity contribution is 14.1. The van der Waals surface area contributed by atoms with E-state index in [1.54, 1.807) is 6.07 Å². The van der Waals surface area contributed by atoms with Gasteiger partial charge in [0, 0.05) is 29.3 Å². The van der Waals surface area contributed by atoms with E-state index in [9.17, 15) is 9.18 Å². The van der Waals surface area contributed by atoms with Crippen molar-refractivity contribution in [2.45, 2.75) is 13.0 Å². The van der Waals surface area contributed by atoms with E-state index in [0.29, 0.717) is 23.4 Å². The SMILES string of the molecule is CC(=O)NC[C@H]1CN(c2ccc(I)c(F)c2)CO1. The molecule has 0 saturated carbocycles. The van der Waals surface area contributed by atoms with Crippen molar-refractivity contribution in [2.75, 3.05) is 24.7 Å². The van der Waals surface area contributed by atoms with Gasteiger partial charge in [-0.2, -0.15) is 0 Å². The number of hydrogen-bond acceptors (Lipinski definition) is 3. The van der Waals surface area contributed by atoms with Gasteiger partial charge < -0.3 is 15.0 Å². The number of carbonyl (C=O) groups is 1. The summed E-state index contributed by atoms with van der Waals surface area (Å²) in [4.78, 5) is 12.8. The minimum atomic E-state index is -0.224. The van der Waals surface area contributed by atoms with E-state index in [0.717, 1.165) is 5.69 Å². The van der Waals surface area contributed by atoms with E-state index in [2.05, 4.69) is 5.32 Å². The van der Waals surface area contributed by atoms with Crippen LogP contribution in [0.15, 0.2) is 18.2 Å². The summed E-state index contributed by atoms with van der Waals surface area (Å²) < 4.78 is 19.6. The summed E-state index contributed by atoms with van der Waals surface area (Å²) in [6.45, 7) is 3.03. The third kappa shape index (κ3) is 3.32. The standard InChI is InChI=1S/C12H14FIN2O2/c1-8(17)15-5-10-6-16(7-18-10)9-2-3-12(14)11(13)4-9/h2-4,10H,5-7H2,1H3,(H,15,17)/t10-/m0/s1. The molecule has 1 N–H and O–H groups in total. The third-order valence-corrected chi connectivity index (χ3v) is 3.61. The van der Waals surface area contributed by atoms with Crippen molar-refractivity contribution in [3.05, 3.63) is 27.6 Å². The van der Waals surface area contributed by atoms with Gasteiger partial charge in [-0.3, -0.25) is 4.79 Å². The molecule has 0 spiro atoms. The normalized spacial score (nSPS) is 19.1. The Morgan fingerprint density at radius 1 is 1.67 bits per heavy atom. The maximum Gasteiger partial charge on any atom is 0.216 e. The topological polar surface area (TPSA) is 41.6 Å². The van der Waals surface area contributed by atoms with Crippen molar-refractivity contribution in [3.8, 4) is 0 Å². The lowest BCUT2D eigenvalue weighted by atomic mass is 10.2. The highest BCUT2D eigenvalue weighted by atomic mass is 127. The molecule has 6 heteroatoms. The predicted molar refractivity (Wildman–Crippen MR) is 74.9 cm³/mol. The van der Waals surface area contributed by atoms with Gasteiger partial charge in [0.25, 0.3) is 0 Å². The van der Waals surface area contributed by atoms with E-state index >= 15 is 0 Å². The smallest absolute Gasteiger partial charge is 0.216 e. The van der Waals surface area contributed by atoms with Crippen LogP contribution in [0.4, 0.5) is 10.1 Å². The summed E-state index contributed by atoms with van der Waals surface area (Å²) in [7, 11) is 0. The molecule has 98 valence electrons. The summed E-state index contributed by atoms with van der Waals surface area (Å²) >= 11 is 1.96. The molecule has 1 saturated heterocycles. The zero-order chi connectivity index (χ0) is 13.1. The van der Waals surface area contributed by atoms with Gasteiger partial charge in [0.05, 0.1) is 6.10 Å². The van der Waals surface area contributed by atoms with Crippen LogP contribution in [0.2, 0.25) is 0 Å². The number of anilines is 1.